The summed E-state index contributed by atoms with van der Waals surface area (Å²) in [6.45, 7) is 13.7. The summed E-state index contributed by atoms with van der Waals surface area (Å²) in [5, 5.41) is 69.4. The zero-order chi connectivity index (χ0) is 79.9. The minimum atomic E-state index is -1.89. The van der Waals surface area contributed by atoms with Gasteiger partial charge in [0, 0.05) is 19.0 Å². The zero-order valence-electron chi connectivity index (χ0n) is 62.6. The van der Waals surface area contributed by atoms with Crippen molar-refractivity contribution in [1.29, 1.82) is 0 Å². The van der Waals surface area contributed by atoms with Gasteiger partial charge in [-0.1, -0.05) is 157 Å². The largest absolute Gasteiger partial charge is 0.480 e. The number of nitrogens with two attached hydrogens (primary N) is 2. The Kier molecular flexibility index (Phi) is 34.9. The number of ether oxygens (including phenoxy) is 3. The standard InChI is InChI=1S/C75H106N14O19/c1-11-43(6)57(67(98)86-58(44(7)91)66(97)80-37-56(92)81-52(63(94)84-55(38-90)70(101)102)32-23-35-79-72(103)106-39-45-24-14-12-15-25-45)85-64(95)53(33-22-34-78-71(76)77)82-65(96)54(36-41(2)3)83-69(100)61(62(93)42(4)5)87-68(99)60(59(46-26-16-13-17-27-46)88-74(105)108-75(8,9)10)89-73(104)107-40-51-49-30-20-18-28-47(49)48-29-19-21-31-50(48)51/h12-21,24-31,41-44,51-55,57-62,90-91,93H,11,22-23,32-40H2,1-10H3,(H,79,103)(H,80,97)(H,81,92)(H,82,96)(H,83,100)(H,84,94)(H,85,95)(H,86,98)(H,87,99)(H,88,105)(H,89,104)(H,101,102)(H4,76,77,78)/t43-,44-,52-,53+,54-,55-,57-,58-,59+,60-,61-,62+/m0/s1. The number of carbonyl (C=O) groups excluding carboxylic acids is 11. The van der Waals surface area contributed by atoms with Crippen LogP contribution < -0.4 is 70.0 Å². The minimum Gasteiger partial charge on any atom is -0.480 e. The smallest absolute Gasteiger partial charge is 0.408 e. The van der Waals surface area contributed by atoms with Crippen molar-refractivity contribution >= 4 is 77.5 Å². The maximum atomic E-state index is 15.2. The average Bonchev–Trinajstić information content (AvgIpc) is 1.61. The van der Waals surface area contributed by atoms with Gasteiger partial charge in [-0.25, -0.2) is 19.2 Å². The monoisotopic (exact) mass is 1510 g/mol. The van der Waals surface area contributed by atoms with E-state index in [0.717, 1.165) is 34.7 Å². The van der Waals surface area contributed by atoms with E-state index in [4.69, 9.17) is 25.7 Å². The van der Waals surface area contributed by atoms with Gasteiger partial charge < -0.3 is 105 Å². The summed E-state index contributed by atoms with van der Waals surface area (Å²) in [5.41, 5.74) is 14.9. The van der Waals surface area contributed by atoms with Crippen molar-refractivity contribution in [2.24, 2.45) is 34.2 Å². The minimum absolute atomic E-state index is 0.0241. The van der Waals surface area contributed by atoms with Crippen molar-refractivity contribution in [3.63, 3.8) is 0 Å². The molecule has 0 aliphatic heterocycles. The van der Waals surface area contributed by atoms with E-state index in [1.807, 2.05) is 48.5 Å². The molecule has 108 heavy (non-hydrogen) atoms. The quantitative estimate of drug-likeness (QED) is 0.0131. The first-order valence-electron chi connectivity index (χ1n) is 35.9. The predicted octanol–water partition coefficient (Wildman–Crippen LogP) is 2.00. The van der Waals surface area contributed by atoms with Crippen LogP contribution in [0.5, 0.6) is 0 Å². The lowest BCUT2D eigenvalue weighted by molar-refractivity contribution is -0.143. The molecule has 4 aromatic carbocycles. The summed E-state index contributed by atoms with van der Waals surface area (Å²) in [6, 6.07) is 17.4. The fourth-order valence-electron chi connectivity index (χ4n) is 11.6. The molecule has 0 saturated heterocycles. The first-order chi connectivity index (χ1) is 51.1. The van der Waals surface area contributed by atoms with Crippen LogP contribution in [0.25, 0.3) is 11.1 Å². The topological polar surface area (TPSA) is 510 Å². The molecule has 33 nitrogen and oxygen atoms in total. The number of rotatable bonds is 41. The van der Waals surface area contributed by atoms with E-state index in [2.05, 4.69) is 63.5 Å². The number of aliphatic hydroxyl groups is 3. The molecular weight excluding hydrogens is 1400 g/mol. The van der Waals surface area contributed by atoms with Crippen molar-refractivity contribution in [2.45, 2.75) is 192 Å². The molecule has 12 atom stereocenters. The highest BCUT2D eigenvalue weighted by Crippen LogP contribution is 2.44. The number of aliphatic hydroxyl groups excluding tert-OH is 3. The van der Waals surface area contributed by atoms with Crippen molar-refractivity contribution in [2.75, 3.05) is 32.8 Å². The van der Waals surface area contributed by atoms with Crippen molar-refractivity contribution < 1.29 is 92.2 Å². The van der Waals surface area contributed by atoms with Gasteiger partial charge in [0.1, 0.15) is 67.1 Å². The Hall–Kier alpha value is -10.9. The summed E-state index contributed by atoms with van der Waals surface area (Å²) in [4.78, 5) is 171. The molecule has 0 bridgehead atoms. The molecule has 0 aromatic heterocycles. The highest BCUT2D eigenvalue weighted by atomic mass is 16.6. The number of nitrogens with zero attached hydrogens (tertiary/aromatic N) is 1. The van der Waals surface area contributed by atoms with Gasteiger partial charge >= 0.3 is 24.2 Å². The van der Waals surface area contributed by atoms with Gasteiger partial charge in [0.15, 0.2) is 5.96 Å². The van der Waals surface area contributed by atoms with Crippen LogP contribution in [0.1, 0.15) is 142 Å². The number of amides is 11. The van der Waals surface area contributed by atoms with Crippen molar-refractivity contribution in [1.82, 2.24) is 58.5 Å². The van der Waals surface area contributed by atoms with E-state index in [-0.39, 0.29) is 76.7 Å². The normalized spacial score (nSPS) is 15.0. The van der Waals surface area contributed by atoms with Crippen LogP contribution in [-0.2, 0) is 64.0 Å². The molecule has 11 amide bonds. The van der Waals surface area contributed by atoms with Crippen LogP contribution in [0.3, 0.4) is 0 Å². The van der Waals surface area contributed by atoms with E-state index in [1.165, 1.54) is 0 Å². The first kappa shape index (κ1) is 87.7. The van der Waals surface area contributed by atoms with Crippen LogP contribution in [-0.4, -0.2) is 197 Å². The zero-order valence-corrected chi connectivity index (χ0v) is 62.6. The number of nitrogens with one attached hydrogen (secondary N) is 11. The molecule has 1 aliphatic rings. The lowest BCUT2D eigenvalue weighted by Crippen LogP contribution is -2.63. The second kappa shape index (κ2) is 43.0. The highest BCUT2D eigenvalue weighted by molar-refractivity contribution is 5.98. The van der Waals surface area contributed by atoms with Gasteiger partial charge in [0.25, 0.3) is 0 Å². The second-order valence-electron chi connectivity index (χ2n) is 28.1. The van der Waals surface area contributed by atoms with Crippen LogP contribution in [0.2, 0.25) is 0 Å². The number of alkyl carbamates (subject to hydrolysis) is 3. The van der Waals surface area contributed by atoms with Gasteiger partial charge in [-0.2, -0.15) is 0 Å². The number of hydrogen-bond acceptors (Lipinski definition) is 19. The molecule has 590 valence electrons. The molecule has 0 fully saturated rings. The Balaban J connectivity index is 1.36. The molecule has 19 N–H and O–H groups in total. The Morgan fingerprint density at radius 1 is 0.537 bits per heavy atom. The van der Waals surface area contributed by atoms with Crippen LogP contribution in [0.15, 0.2) is 114 Å². The molecule has 0 spiro atoms. The number of benzene rings is 4. The van der Waals surface area contributed by atoms with Crippen LogP contribution in [0.4, 0.5) is 14.4 Å². The molecule has 4 aromatic rings. The molecule has 5 rings (SSSR count). The van der Waals surface area contributed by atoms with E-state index in [9.17, 15) is 73.2 Å². The molecule has 0 radical (unpaired) electrons. The lowest BCUT2D eigenvalue weighted by Gasteiger charge is -2.33. The number of aliphatic carboxylic acids is 1. The van der Waals surface area contributed by atoms with E-state index >= 15 is 4.79 Å². The number of hydrogen-bond donors (Lipinski definition) is 17. The fraction of sp³-hybridized carbons (Fsp3) is 0.507. The molecule has 0 unspecified atom stereocenters. The van der Waals surface area contributed by atoms with Crippen molar-refractivity contribution in [3.8, 4) is 11.1 Å². The number of fused-ring (bicyclic) bond motifs is 3. The highest BCUT2D eigenvalue weighted by Gasteiger charge is 2.42. The average molecular weight is 1510 g/mol. The van der Waals surface area contributed by atoms with E-state index in [1.54, 1.807) is 123 Å². The third-order valence-corrected chi connectivity index (χ3v) is 17.5. The third kappa shape index (κ3) is 28.1. The van der Waals surface area contributed by atoms with E-state index in [0.29, 0.717) is 5.56 Å². The first-order valence-corrected chi connectivity index (χ1v) is 35.9. The number of carboxylic acid groups (broad SMARTS) is 1. The summed E-state index contributed by atoms with van der Waals surface area (Å²) in [7, 11) is 0. The third-order valence-electron chi connectivity index (χ3n) is 17.5. The Labute approximate surface area is 627 Å². The lowest BCUT2D eigenvalue weighted by atomic mass is 9.95. The van der Waals surface area contributed by atoms with Gasteiger partial charge in [-0.05, 0) is 111 Å². The predicted molar refractivity (Wildman–Crippen MR) is 397 cm³/mol. The SMILES string of the molecule is CC[C@H](C)[C@H](NC(=O)[C@@H](CCCN=C(N)N)NC(=O)[C@H](CC(C)C)NC(=O)[C@@H](NC(=O)[C@@H](NC(=O)OCC1c2ccccc2-c2ccccc21)[C@H](NC(=O)OC(C)(C)C)c1ccccc1)[C@H](O)C(C)C)C(=O)N[C@H](C(=O)NCC(=O)N[C@@H](CCCNC(=O)OCc1ccccc1)C(=O)N[C@@H](CO)C(=O)O)[C@H](C)O. The van der Waals surface area contributed by atoms with Crippen LogP contribution >= 0.6 is 0 Å². The summed E-state index contributed by atoms with van der Waals surface area (Å²) < 4.78 is 16.7. The Morgan fingerprint density at radius 2 is 1.06 bits per heavy atom. The molecule has 1 aliphatic carbocycles. The van der Waals surface area contributed by atoms with Gasteiger partial charge in [0.2, 0.25) is 47.3 Å². The summed E-state index contributed by atoms with van der Waals surface area (Å²) in [5.74, 6) is -12.4. The van der Waals surface area contributed by atoms with Gasteiger partial charge in [-0.15, -0.1) is 0 Å². The molecular formula is C75H106N14O19. The summed E-state index contributed by atoms with van der Waals surface area (Å²) >= 11 is 0. The molecule has 0 saturated carbocycles. The molecule has 0 heterocycles. The second-order valence-corrected chi connectivity index (χ2v) is 28.1. The Morgan fingerprint density at radius 3 is 1.62 bits per heavy atom. The Bertz CT molecular complexity index is 3680. The van der Waals surface area contributed by atoms with Crippen LogP contribution in [0, 0.1) is 17.8 Å². The number of carbonyl (C=O) groups is 12. The van der Waals surface area contributed by atoms with Gasteiger partial charge in [-0.3, -0.25) is 43.3 Å². The van der Waals surface area contributed by atoms with Gasteiger partial charge in [0.05, 0.1) is 31.4 Å². The molecule has 33 heteroatoms. The maximum absolute atomic E-state index is 15.2. The number of aliphatic imine (C=N–C) groups is 1. The maximum Gasteiger partial charge on any atom is 0.408 e. The van der Waals surface area contributed by atoms with E-state index < -0.39 is 175 Å². The number of guanidine groups is 1. The fourth-order valence-corrected chi connectivity index (χ4v) is 11.6. The summed E-state index contributed by atoms with van der Waals surface area (Å²) in [6.07, 6.45) is -6.44. The van der Waals surface area contributed by atoms with Crippen molar-refractivity contribution in [3.05, 3.63) is 131 Å². The number of carboxylic acids is 1.